The lowest BCUT2D eigenvalue weighted by Crippen LogP contribution is -2.56. The minimum absolute atomic E-state index is 0.00222. The van der Waals surface area contributed by atoms with Crippen molar-refractivity contribution in [1.82, 2.24) is 4.90 Å². The van der Waals surface area contributed by atoms with Crippen LogP contribution in [0, 0.1) is 0 Å². The number of rotatable bonds is 2. The topological polar surface area (TPSA) is 55.6 Å². The first-order valence-corrected chi connectivity index (χ1v) is 6.66. The molecule has 4 heteroatoms. The van der Waals surface area contributed by atoms with Gasteiger partial charge in [0.05, 0.1) is 12.7 Å². The number of nitrogens with two attached hydrogens (primary N) is 1. The highest BCUT2D eigenvalue weighted by Crippen LogP contribution is 2.30. The minimum Gasteiger partial charge on any atom is -0.496 e. The van der Waals surface area contributed by atoms with E-state index in [1.807, 2.05) is 23.1 Å². The van der Waals surface area contributed by atoms with E-state index in [-0.39, 0.29) is 17.5 Å². The second kappa shape index (κ2) is 5.21. The molecule has 0 aromatic heterocycles. The van der Waals surface area contributed by atoms with Crippen LogP contribution in [0.2, 0.25) is 0 Å². The molecule has 0 bridgehead atoms. The number of hydrogen-bond acceptors (Lipinski definition) is 3. The molecule has 1 fully saturated rings. The van der Waals surface area contributed by atoms with Crippen LogP contribution in [0.25, 0.3) is 0 Å². The van der Waals surface area contributed by atoms with Crippen LogP contribution in [0.1, 0.15) is 37.0 Å². The number of likely N-dealkylation sites (tertiary alicyclic amines) is 1. The highest BCUT2D eigenvalue weighted by Gasteiger charge is 2.37. The standard InChI is InChI=1S/C15H22N2O2/c1-15(2)9-8-11(16)10-17(15)14(18)12-6-4-5-7-13(12)19-3/h4-7,11H,8-10,16H2,1-3H3. The number of hydrogen-bond donors (Lipinski definition) is 1. The molecule has 104 valence electrons. The largest absolute Gasteiger partial charge is 0.496 e. The van der Waals surface area contributed by atoms with Crippen molar-refractivity contribution in [1.29, 1.82) is 0 Å². The summed E-state index contributed by atoms with van der Waals surface area (Å²) in [6.45, 7) is 4.78. The van der Waals surface area contributed by atoms with Gasteiger partial charge >= 0.3 is 0 Å². The molecule has 4 nitrogen and oxygen atoms in total. The number of methoxy groups -OCH3 is 1. The lowest BCUT2D eigenvalue weighted by molar-refractivity contribution is 0.0392. The van der Waals surface area contributed by atoms with Gasteiger partial charge in [0.25, 0.3) is 5.91 Å². The average Bonchev–Trinajstić information content (AvgIpc) is 2.40. The van der Waals surface area contributed by atoms with E-state index in [0.29, 0.717) is 17.9 Å². The van der Waals surface area contributed by atoms with Crippen molar-refractivity contribution < 1.29 is 9.53 Å². The molecule has 1 amide bonds. The summed E-state index contributed by atoms with van der Waals surface area (Å²) in [5, 5.41) is 0. The predicted molar refractivity (Wildman–Crippen MR) is 75.3 cm³/mol. The fourth-order valence-electron chi connectivity index (χ4n) is 2.57. The van der Waals surface area contributed by atoms with Crippen molar-refractivity contribution in [2.75, 3.05) is 13.7 Å². The number of amides is 1. The molecule has 0 spiro atoms. The van der Waals surface area contributed by atoms with E-state index in [4.69, 9.17) is 10.5 Å². The van der Waals surface area contributed by atoms with Crippen molar-refractivity contribution in [2.24, 2.45) is 5.73 Å². The molecule has 2 rings (SSSR count). The van der Waals surface area contributed by atoms with Gasteiger partial charge in [-0.05, 0) is 38.8 Å². The van der Waals surface area contributed by atoms with Gasteiger partial charge in [0.1, 0.15) is 5.75 Å². The summed E-state index contributed by atoms with van der Waals surface area (Å²) in [6.07, 6.45) is 1.89. The summed E-state index contributed by atoms with van der Waals surface area (Å²) in [7, 11) is 1.58. The molecule has 2 N–H and O–H groups in total. The average molecular weight is 262 g/mol. The lowest BCUT2D eigenvalue weighted by atomic mass is 9.87. The summed E-state index contributed by atoms with van der Waals surface area (Å²) in [5.74, 6) is 0.611. The Balaban J connectivity index is 2.31. The van der Waals surface area contributed by atoms with Gasteiger partial charge in [-0.1, -0.05) is 12.1 Å². The van der Waals surface area contributed by atoms with Crippen LogP contribution in [0.3, 0.4) is 0 Å². The number of benzene rings is 1. The van der Waals surface area contributed by atoms with Gasteiger partial charge in [-0.25, -0.2) is 0 Å². The van der Waals surface area contributed by atoms with Crippen molar-refractivity contribution in [3.8, 4) is 5.75 Å². The maximum atomic E-state index is 12.7. The highest BCUT2D eigenvalue weighted by atomic mass is 16.5. The summed E-state index contributed by atoms with van der Waals surface area (Å²) in [6, 6.07) is 7.39. The molecule has 1 aliphatic heterocycles. The van der Waals surface area contributed by atoms with Crippen molar-refractivity contribution >= 4 is 5.91 Å². The molecule has 19 heavy (non-hydrogen) atoms. The van der Waals surface area contributed by atoms with Crippen LogP contribution in [-0.2, 0) is 0 Å². The Labute approximate surface area is 114 Å². The molecule has 0 radical (unpaired) electrons. The number of para-hydroxylation sites is 1. The van der Waals surface area contributed by atoms with Gasteiger partial charge in [0.15, 0.2) is 0 Å². The van der Waals surface area contributed by atoms with Gasteiger partial charge < -0.3 is 15.4 Å². The monoisotopic (exact) mass is 262 g/mol. The highest BCUT2D eigenvalue weighted by molar-refractivity contribution is 5.97. The van der Waals surface area contributed by atoms with E-state index in [0.717, 1.165) is 12.8 Å². The molecule has 1 aliphatic rings. The number of carbonyl (C=O) groups is 1. The summed E-state index contributed by atoms with van der Waals surface area (Å²) < 4.78 is 5.27. The van der Waals surface area contributed by atoms with Crippen LogP contribution < -0.4 is 10.5 Å². The van der Waals surface area contributed by atoms with Crippen molar-refractivity contribution in [3.63, 3.8) is 0 Å². The second-order valence-electron chi connectivity index (χ2n) is 5.73. The first-order valence-electron chi connectivity index (χ1n) is 6.66. The summed E-state index contributed by atoms with van der Waals surface area (Å²) in [4.78, 5) is 14.6. The van der Waals surface area contributed by atoms with E-state index in [9.17, 15) is 4.79 Å². The SMILES string of the molecule is COc1ccccc1C(=O)N1CC(N)CCC1(C)C. The van der Waals surface area contributed by atoms with Gasteiger partial charge in [-0.3, -0.25) is 4.79 Å². The molecular formula is C15H22N2O2. The second-order valence-corrected chi connectivity index (χ2v) is 5.73. The van der Waals surface area contributed by atoms with E-state index in [1.165, 1.54) is 0 Å². The maximum absolute atomic E-state index is 12.7. The zero-order chi connectivity index (χ0) is 14.0. The summed E-state index contributed by atoms with van der Waals surface area (Å²) in [5.41, 5.74) is 6.45. The molecule has 1 aromatic carbocycles. The van der Waals surface area contributed by atoms with Crippen LogP contribution in [0.4, 0.5) is 0 Å². The first-order chi connectivity index (χ1) is 8.95. The van der Waals surface area contributed by atoms with E-state index >= 15 is 0 Å². The van der Waals surface area contributed by atoms with Crippen molar-refractivity contribution in [2.45, 2.75) is 38.3 Å². The molecule has 1 atom stereocenters. The van der Waals surface area contributed by atoms with E-state index in [2.05, 4.69) is 13.8 Å². The third kappa shape index (κ3) is 2.73. The molecule has 1 saturated heterocycles. The number of ether oxygens (including phenoxy) is 1. The quantitative estimate of drug-likeness (QED) is 0.887. The fourth-order valence-corrected chi connectivity index (χ4v) is 2.57. The molecule has 0 aliphatic carbocycles. The zero-order valence-electron chi connectivity index (χ0n) is 11.8. The van der Waals surface area contributed by atoms with Crippen LogP contribution in [-0.4, -0.2) is 36.0 Å². The minimum atomic E-state index is -0.159. The number of carbonyl (C=O) groups excluding carboxylic acids is 1. The number of nitrogens with zero attached hydrogens (tertiary/aromatic N) is 1. The van der Waals surface area contributed by atoms with Gasteiger partial charge in [-0.2, -0.15) is 0 Å². The molecule has 1 unspecified atom stereocenters. The lowest BCUT2D eigenvalue weighted by Gasteiger charge is -2.44. The van der Waals surface area contributed by atoms with Gasteiger partial charge in [0, 0.05) is 18.1 Å². The van der Waals surface area contributed by atoms with E-state index < -0.39 is 0 Å². The Morgan fingerprint density at radius 3 is 2.79 bits per heavy atom. The maximum Gasteiger partial charge on any atom is 0.258 e. The first kappa shape index (κ1) is 13.9. The Morgan fingerprint density at radius 1 is 1.42 bits per heavy atom. The molecular weight excluding hydrogens is 240 g/mol. The van der Waals surface area contributed by atoms with Gasteiger partial charge in [0.2, 0.25) is 0 Å². The van der Waals surface area contributed by atoms with Crippen LogP contribution >= 0.6 is 0 Å². The smallest absolute Gasteiger partial charge is 0.258 e. The predicted octanol–water partition coefficient (Wildman–Crippen LogP) is 2.04. The van der Waals surface area contributed by atoms with Crippen LogP contribution in [0.15, 0.2) is 24.3 Å². The molecule has 0 saturated carbocycles. The van der Waals surface area contributed by atoms with E-state index in [1.54, 1.807) is 13.2 Å². The molecule has 1 heterocycles. The number of piperidine rings is 1. The zero-order valence-corrected chi connectivity index (χ0v) is 11.8. The molecule has 1 aromatic rings. The normalized spacial score (nSPS) is 22.1. The Bertz CT molecular complexity index is 471. The summed E-state index contributed by atoms with van der Waals surface area (Å²) >= 11 is 0. The third-order valence-electron chi connectivity index (χ3n) is 3.86. The Morgan fingerprint density at radius 2 is 2.11 bits per heavy atom. The Hall–Kier alpha value is -1.55. The third-order valence-corrected chi connectivity index (χ3v) is 3.86. The van der Waals surface area contributed by atoms with Gasteiger partial charge in [-0.15, -0.1) is 0 Å². The van der Waals surface area contributed by atoms with Crippen molar-refractivity contribution in [3.05, 3.63) is 29.8 Å². The Kier molecular flexibility index (Phi) is 3.80. The van der Waals surface area contributed by atoms with Crippen LogP contribution in [0.5, 0.6) is 5.75 Å². The fraction of sp³-hybridized carbons (Fsp3) is 0.533.